The second kappa shape index (κ2) is 21.9. The zero-order valence-corrected chi connectivity index (χ0v) is 17.8. The molecule has 0 fully saturated rings. The molecule has 2 N–H and O–H groups in total. The fraction of sp³-hybridized carbons (Fsp3) is 0.333. The Morgan fingerprint density at radius 3 is 1.91 bits per heavy atom. The predicted molar refractivity (Wildman–Crippen MR) is 109 cm³/mol. The van der Waals surface area contributed by atoms with Gasteiger partial charge < -0.3 is 25.2 Å². The minimum Gasteiger partial charge on any atom is -0.358 e. The van der Waals surface area contributed by atoms with Crippen molar-refractivity contribution >= 4 is 40.4 Å². The van der Waals surface area contributed by atoms with Gasteiger partial charge in [-0.15, -0.1) is 60.0 Å². The summed E-state index contributed by atoms with van der Waals surface area (Å²) in [7, 11) is 0. The Kier molecular flexibility index (Phi) is 32.7. The van der Waals surface area contributed by atoms with E-state index in [1.807, 2.05) is 20.8 Å². The van der Waals surface area contributed by atoms with E-state index in [2.05, 4.69) is 54.2 Å². The van der Waals surface area contributed by atoms with Crippen LogP contribution >= 0.6 is 24.8 Å². The molecule has 0 aliphatic heterocycles. The zero-order valence-electron chi connectivity index (χ0n) is 14.6. The molecule has 136 valence electrons. The van der Waals surface area contributed by atoms with Gasteiger partial charge in [-0.25, -0.2) is 0 Å². The zero-order chi connectivity index (χ0) is 16.0. The van der Waals surface area contributed by atoms with Crippen molar-refractivity contribution in [2.45, 2.75) is 32.7 Å². The molecular weight excluding hydrogens is 365 g/mol. The predicted octanol–water partition coefficient (Wildman–Crippen LogP) is 5.86. The monoisotopic (exact) mass is 395 g/mol. The van der Waals surface area contributed by atoms with E-state index in [9.17, 15) is 0 Å². The molecule has 2 aromatic rings. The second-order valence-electron chi connectivity index (χ2n) is 4.98. The van der Waals surface area contributed by atoms with Crippen molar-refractivity contribution in [3.63, 3.8) is 0 Å². The summed E-state index contributed by atoms with van der Waals surface area (Å²) >= 11 is 1.75. The van der Waals surface area contributed by atoms with Gasteiger partial charge in [0.2, 0.25) is 0 Å². The third kappa shape index (κ3) is 27.1. The Labute approximate surface area is 167 Å². The van der Waals surface area contributed by atoms with Crippen molar-refractivity contribution in [3.8, 4) is 0 Å². The SMILES string of the molecule is CC(C)(C)[NH-].Cl.Cl.[CH2-]CCO.[CH2]=[Ti].[CH3-].c1ccc2[cH-]ccc2c1. The number of nitrogens with one attached hydrogen (secondary N) is 1. The van der Waals surface area contributed by atoms with Gasteiger partial charge >= 0.3 is 24.8 Å². The summed E-state index contributed by atoms with van der Waals surface area (Å²) in [5.41, 5.74) is 6.69. The van der Waals surface area contributed by atoms with Crippen LogP contribution in [0, 0.1) is 14.4 Å². The first kappa shape index (κ1) is 34.3. The minimum atomic E-state index is -0.250. The third-order valence-electron chi connectivity index (χ3n) is 1.71. The van der Waals surface area contributed by atoms with Gasteiger partial charge in [-0.05, 0) is 0 Å². The van der Waals surface area contributed by atoms with Crippen molar-refractivity contribution in [1.29, 1.82) is 0 Å². The Hall–Kier alpha value is -0.0857. The van der Waals surface area contributed by atoms with Crippen molar-refractivity contribution < 1.29 is 25.1 Å². The normalized spacial score (nSPS) is 8.04. The van der Waals surface area contributed by atoms with Gasteiger partial charge in [-0.1, -0.05) is 26.8 Å². The first-order valence-corrected chi connectivity index (χ1v) is 7.60. The van der Waals surface area contributed by atoms with E-state index in [1.54, 1.807) is 20.0 Å². The van der Waals surface area contributed by atoms with Crippen LogP contribution in [-0.4, -0.2) is 22.1 Å². The molecule has 0 saturated heterocycles. The number of fused-ring (bicyclic) bond motifs is 1. The largest absolute Gasteiger partial charge is 0.358 e. The van der Waals surface area contributed by atoms with E-state index < -0.39 is 0 Å². The molecule has 0 unspecified atom stereocenters. The molecule has 5 heteroatoms. The van der Waals surface area contributed by atoms with Crippen LogP contribution in [0.1, 0.15) is 27.2 Å². The smallest absolute Gasteiger partial charge is 0.0809 e. The van der Waals surface area contributed by atoms with Crippen LogP contribution in [0.2, 0.25) is 0 Å². The number of hydrogen-bond acceptors (Lipinski definition) is 1. The molecule has 0 saturated carbocycles. The molecule has 0 aliphatic carbocycles. The maximum absolute atomic E-state index is 7.81. The first-order valence-electron chi connectivity index (χ1n) is 6.49. The quantitative estimate of drug-likeness (QED) is 0.477. The number of aliphatic hydroxyl groups is 1. The van der Waals surface area contributed by atoms with Crippen molar-refractivity contribution in [1.82, 2.24) is 0 Å². The molecule has 0 amide bonds. The molecule has 2 nitrogen and oxygen atoms in total. The van der Waals surface area contributed by atoms with Crippen LogP contribution in [0.4, 0.5) is 0 Å². The van der Waals surface area contributed by atoms with Crippen molar-refractivity contribution in [2.75, 3.05) is 6.61 Å². The van der Waals surface area contributed by atoms with E-state index >= 15 is 0 Å². The molecule has 0 bridgehead atoms. The molecule has 23 heavy (non-hydrogen) atoms. The number of benzene rings is 1. The van der Waals surface area contributed by atoms with E-state index in [1.165, 1.54) is 10.8 Å². The first-order chi connectivity index (χ1) is 9.38. The van der Waals surface area contributed by atoms with E-state index in [-0.39, 0.29) is 44.4 Å². The van der Waals surface area contributed by atoms with Crippen LogP contribution in [0.5, 0.6) is 0 Å². The van der Waals surface area contributed by atoms with Gasteiger partial charge in [0.25, 0.3) is 0 Å². The number of hydrogen-bond donors (Lipinski definition) is 1. The summed E-state index contributed by atoms with van der Waals surface area (Å²) < 4.78 is 0. The van der Waals surface area contributed by atoms with Crippen LogP contribution in [0.3, 0.4) is 0 Å². The summed E-state index contributed by atoms with van der Waals surface area (Å²) in [5, 5.41) is 10.5. The molecule has 0 heterocycles. The standard InChI is InChI=1S/C9H7.C4H10N.C3H7O.CH3.CH2.2ClH.Ti/c1-2-5-9-7-3-6-8(9)4-1;1-4(2,3)5;1-2-3-4;;;;;/h1-7H;5H,1-3H3;4H,1-3H2;1H3;1H2;2*1H;/q4*-1;;;;. The molecule has 0 aliphatic rings. The molecule has 2 rings (SSSR count). The van der Waals surface area contributed by atoms with Crippen LogP contribution in [0.15, 0.2) is 42.5 Å². The van der Waals surface area contributed by atoms with Gasteiger partial charge in [0.1, 0.15) is 0 Å². The van der Waals surface area contributed by atoms with Gasteiger partial charge in [0, 0.05) is 6.61 Å². The maximum atomic E-state index is 7.81. The Morgan fingerprint density at radius 1 is 1.17 bits per heavy atom. The Bertz CT molecular complexity index is 404. The summed E-state index contributed by atoms with van der Waals surface area (Å²) in [5.74, 6) is 0. The van der Waals surface area contributed by atoms with E-state index in [0.717, 1.165) is 0 Å². The molecular formula is C18H31Cl2NOTi-4. The minimum absolute atomic E-state index is 0. The molecule has 0 radical (unpaired) electrons. The van der Waals surface area contributed by atoms with Gasteiger partial charge in [0.05, 0.1) is 0 Å². The maximum Gasteiger partial charge on any atom is -0.0809 e. The summed E-state index contributed by atoms with van der Waals surface area (Å²) in [6.07, 6.45) is 0.625. The van der Waals surface area contributed by atoms with E-state index in [4.69, 9.17) is 10.8 Å². The second-order valence-corrected chi connectivity index (χ2v) is 4.98. The number of rotatable bonds is 1. The summed E-state index contributed by atoms with van der Waals surface area (Å²) in [6, 6.07) is 14.7. The van der Waals surface area contributed by atoms with Crippen LogP contribution in [0.25, 0.3) is 16.5 Å². The molecule has 0 atom stereocenters. The Morgan fingerprint density at radius 2 is 1.57 bits per heavy atom. The fourth-order valence-corrected chi connectivity index (χ4v) is 1.07. The topological polar surface area (TPSA) is 44.0 Å². The van der Waals surface area contributed by atoms with E-state index in [0.29, 0.717) is 6.42 Å². The van der Waals surface area contributed by atoms with Gasteiger partial charge in [0.15, 0.2) is 0 Å². The molecule has 0 spiro atoms. The van der Waals surface area contributed by atoms with Crippen molar-refractivity contribution in [3.05, 3.63) is 62.5 Å². The number of aliphatic hydroxyl groups excluding tert-OH is 1. The van der Waals surface area contributed by atoms with Gasteiger partial charge in [-0.3, -0.25) is 0 Å². The average molecular weight is 396 g/mol. The van der Waals surface area contributed by atoms with Gasteiger partial charge in [-0.2, -0.15) is 23.9 Å². The summed E-state index contributed by atoms with van der Waals surface area (Å²) in [4.78, 5) is 3.25. The molecule has 0 aromatic heterocycles. The number of halogens is 2. The van der Waals surface area contributed by atoms with Crippen molar-refractivity contribution in [2.24, 2.45) is 0 Å². The van der Waals surface area contributed by atoms with Crippen LogP contribution < -0.4 is 0 Å². The Balaban J connectivity index is -0.0000000685. The third-order valence-corrected chi connectivity index (χ3v) is 1.71. The average Bonchev–Trinajstić information content (AvgIpc) is 2.88. The molecule has 2 aromatic carbocycles. The summed E-state index contributed by atoms with van der Waals surface area (Å²) in [6.45, 7) is 9.12. The fourth-order valence-electron chi connectivity index (χ4n) is 1.07. The van der Waals surface area contributed by atoms with Crippen LogP contribution in [-0.2, 0) is 20.0 Å².